The molecule has 1 unspecified atom stereocenters. The van der Waals surface area contributed by atoms with Gasteiger partial charge in [0.15, 0.2) is 0 Å². The third kappa shape index (κ3) is 4.04. The lowest BCUT2D eigenvalue weighted by atomic mass is 10.1. The average Bonchev–Trinajstić information content (AvgIpc) is 2.48. The van der Waals surface area contributed by atoms with Gasteiger partial charge in [-0.3, -0.25) is 9.78 Å². The third-order valence-corrected chi connectivity index (χ3v) is 3.68. The van der Waals surface area contributed by atoms with Crippen molar-refractivity contribution in [3.8, 4) is 0 Å². The monoisotopic (exact) mass is 347 g/mol. The molecule has 0 aliphatic heterocycles. The van der Waals surface area contributed by atoms with E-state index in [2.05, 4.69) is 31.5 Å². The lowest BCUT2D eigenvalue weighted by Crippen LogP contribution is -2.27. The van der Waals surface area contributed by atoms with Crippen molar-refractivity contribution in [2.45, 2.75) is 19.9 Å². The average molecular weight is 348 g/mol. The third-order valence-electron chi connectivity index (χ3n) is 3.15. The van der Waals surface area contributed by atoms with Crippen molar-refractivity contribution in [2.75, 3.05) is 11.9 Å². The Morgan fingerprint density at radius 2 is 2.00 bits per heavy atom. The first-order valence-corrected chi connectivity index (χ1v) is 7.65. The van der Waals surface area contributed by atoms with E-state index in [0.717, 1.165) is 22.3 Å². The predicted molar refractivity (Wildman–Crippen MR) is 88.4 cm³/mol. The molecule has 0 fully saturated rings. The smallest absolute Gasteiger partial charge is 0.253 e. The normalized spacial score (nSPS) is 11.8. The van der Waals surface area contributed by atoms with E-state index >= 15 is 0 Å². The molecule has 2 aromatic rings. The van der Waals surface area contributed by atoms with E-state index in [0.29, 0.717) is 5.56 Å². The Labute approximate surface area is 133 Å². The molecule has 1 heterocycles. The van der Waals surface area contributed by atoms with Crippen LogP contribution in [0.2, 0.25) is 0 Å². The lowest BCUT2D eigenvalue weighted by molar-refractivity contribution is 0.0940. The summed E-state index contributed by atoms with van der Waals surface area (Å²) < 4.78 is 1.02. The highest BCUT2D eigenvalue weighted by atomic mass is 79.9. The van der Waals surface area contributed by atoms with E-state index in [1.807, 2.05) is 38.1 Å². The second-order valence-corrected chi connectivity index (χ2v) is 5.61. The van der Waals surface area contributed by atoms with Crippen molar-refractivity contribution in [3.05, 3.63) is 58.3 Å². The number of anilines is 1. The first-order valence-electron chi connectivity index (χ1n) is 6.86. The van der Waals surface area contributed by atoms with Crippen molar-refractivity contribution in [2.24, 2.45) is 0 Å². The number of benzene rings is 1. The fourth-order valence-corrected chi connectivity index (χ4v) is 2.30. The molecule has 0 aliphatic carbocycles. The van der Waals surface area contributed by atoms with Crippen LogP contribution in [0.3, 0.4) is 0 Å². The second-order valence-electron chi connectivity index (χ2n) is 4.70. The highest BCUT2D eigenvalue weighted by molar-refractivity contribution is 9.10. The maximum Gasteiger partial charge on any atom is 0.253 e. The molecule has 0 spiro atoms. The number of aromatic nitrogens is 1. The number of rotatable bonds is 5. The minimum atomic E-state index is -0.108. The Bertz CT molecular complexity index is 613. The summed E-state index contributed by atoms with van der Waals surface area (Å²) in [6.45, 7) is 4.70. The summed E-state index contributed by atoms with van der Waals surface area (Å²) in [6, 6.07) is 9.58. The van der Waals surface area contributed by atoms with Crippen molar-refractivity contribution < 1.29 is 4.79 Å². The molecule has 2 rings (SSSR count). The Morgan fingerprint density at radius 1 is 1.29 bits per heavy atom. The molecular weight excluding hydrogens is 330 g/mol. The first kappa shape index (κ1) is 15.5. The van der Waals surface area contributed by atoms with Gasteiger partial charge in [-0.1, -0.05) is 28.1 Å². The molecule has 0 saturated carbocycles. The largest absolute Gasteiger partial charge is 0.383 e. The number of amides is 1. The van der Waals surface area contributed by atoms with Gasteiger partial charge in [0.05, 0.1) is 23.5 Å². The minimum Gasteiger partial charge on any atom is -0.383 e. The molecule has 4 nitrogen and oxygen atoms in total. The molecule has 0 bridgehead atoms. The van der Waals surface area contributed by atoms with Gasteiger partial charge in [-0.25, -0.2) is 0 Å². The SMILES string of the molecule is CCNc1cnccc1C(=O)NC(C)c1ccc(Br)cc1. The number of nitrogens with one attached hydrogen (secondary N) is 2. The molecule has 110 valence electrons. The van der Waals surface area contributed by atoms with Crippen LogP contribution in [0.1, 0.15) is 35.8 Å². The van der Waals surface area contributed by atoms with Crippen molar-refractivity contribution in [3.63, 3.8) is 0 Å². The standard InChI is InChI=1S/C16H18BrN3O/c1-3-19-15-10-18-9-8-14(15)16(21)20-11(2)12-4-6-13(17)7-5-12/h4-11,19H,3H2,1-2H3,(H,20,21). The number of carbonyl (C=O) groups is 1. The van der Waals surface area contributed by atoms with Crippen molar-refractivity contribution in [1.29, 1.82) is 0 Å². The molecule has 1 amide bonds. The summed E-state index contributed by atoms with van der Waals surface area (Å²) in [6.07, 6.45) is 3.29. The molecule has 0 aliphatic rings. The summed E-state index contributed by atoms with van der Waals surface area (Å²) in [5.41, 5.74) is 2.42. The quantitative estimate of drug-likeness (QED) is 0.865. The van der Waals surface area contributed by atoms with Crippen LogP contribution in [0.15, 0.2) is 47.2 Å². The van der Waals surface area contributed by atoms with Gasteiger partial charge in [0.25, 0.3) is 5.91 Å². The van der Waals surface area contributed by atoms with E-state index in [1.54, 1.807) is 18.5 Å². The summed E-state index contributed by atoms with van der Waals surface area (Å²) >= 11 is 3.41. The van der Waals surface area contributed by atoms with Gasteiger partial charge in [0, 0.05) is 17.2 Å². The van der Waals surface area contributed by atoms with Gasteiger partial charge in [0.2, 0.25) is 0 Å². The Balaban J connectivity index is 2.12. The van der Waals surface area contributed by atoms with E-state index in [-0.39, 0.29) is 11.9 Å². The number of hydrogen-bond acceptors (Lipinski definition) is 3. The fraction of sp³-hybridized carbons (Fsp3) is 0.250. The molecule has 1 atom stereocenters. The zero-order valence-corrected chi connectivity index (χ0v) is 13.6. The van der Waals surface area contributed by atoms with Gasteiger partial charge in [0.1, 0.15) is 0 Å². The van der Waals surface area contributed by atoms with Crippen molar-refractivity contribution in [1.82, 2.24) is 10.3 Å². The number of carbonyl (C=O) groups excluding carboxylic acids is 1. The molecule has 0 radical (unpaired) electrons. The summed E-state index contributed by atoms with van der Waals surface area (Å²) in [4.78, 5) is 16.4. The van der Waals surface area contributed by atoms with Gasteiger partial charge < -0.3 is 10.6 Å². The van der Waals surface area contributed by atoms with Gasteiger partial charge in [-0.15, -0.1) is 0 Å². The van der Waals surface area contributed by atoms with Crippen LogP contribution in [-0.4, -0.2) is 17.4 Å². The maximum absolute atomic E-state index is 12.4. The minimum absolute atomic E-state index is 0.0618. The lowest BCUT2D eigenvalue weighted by Gasteiger charge is -2.16. The van der Waals surface area contributed by atoms with Gasteiger partial charge in [-0.2, -0.15) is 0 Å². The predicted octanol–water partition coefficient (Wildman–Crippen LogP) is 3.77. The summed E-state index contributed by atoms with van der Waals surface area (Å²) in [5, 5.41) is 6.16. The molecular formula is C16H18BrN3O. The van der Waals surface area contributed by atoms with Crippen LogP contribution in [-0.2, 0) is 0 Å². The van der Waals surface area contributed by atoms with Gasteiger partial charge in [-0.05, 0) is 37.6 Å². The maximum atomic E-state index is 12.4. The molecule has 21 heavy (non-hydrogen) atoms. The van der Waals surface area contributed by atoms with Crippen LogP contribution < -0.4 is 10.6 Å². The topological polar surface area (TPSA) is 54.0 Å². The van der Waals surface area contributed by atoms with Crippen LogP contribution >= 0.6 is 15.9 Å². The number of hydrogen-bond donors (Lipinski definition) is 2. The van der Waals surface area contributed by atoms with Crippen LogP contribution in [0.25, 0.3) is 0 Å². The molecule has 5 heteroatoms. The van der Waals surface area contributed by atoms with Crippen molar-refractivity contribution >= 4 is 27.5 Å². The Morgan fingerprint density at radius 3 is 2.67 bits per heavy atom. The fourth-order valence-electron chi connectivity index (χ4n) is 2.03. The molecule has 1 aromatic carbocycles. The molecule has 1 aromatic heterocycles. The van der Waals surface area contributed by atoms with E-state index in [9.17, 15) is 4.79 Å². The zero-order valence-electron chi connectivity index (χ0n) is 12.1. The summed E-state index contributed by atoms with van der Waals surface area (Å²) in [5.74, 6) is -0.108. The van der Waals surface area contributed by atoms with Gasteiger partial charge >= 0.3 is 0 Å². The van der Waals surface area contributed by atoms with E-state index in [1.165, 1.54) is 0 Å². The van der Waals surface area contributed by atoms with Crippen LogP contribution in [0.4, 0.5) is 5.69 Å². The number of nitrogens with zero attached hydrogens (tertiary/aromatic N) is 1. The van der Waals surface area contributed by atoms with Crippen LogP contribution in [0.5, 0.6) is 0 Å². The van der Waals surface area contributed by atoms with E-state index < -0.39 is 0 Å². The van der Waals surface area contributed by atoms with E-state index in [4.69, 9.17) is 0 Å². The molecule has 0 saturated heterocycles. The molecule has 2 N–H and O–H groups in total. The Kier molecular flexibility index (Phi) is 5.33. The number of halogens is 1. The zero-order chi connectivity index (χ0) is 15.2. The number of pyridine rings is 1. The highest BCUT2D eigenvalue weighted by Gasteiger charge is 2.14. The summed E-state index contributed by atoms with van der Waals surface area (Å²) in [7, 11) is 0. The van der Waals surface area contributed by atoms with Crippen LogP contribution in [0, 0.1) is 0 Å². The second kappa shape index (κ2) is 7.22. The highest BCUT2D eigenvalue weighted by Crippen LogP contribution is 2.18. The Hall–Kier alpha value is -1.88. The first-order chi connectivity index (χ1) is 10.1.